The zero-order valence-corrected chi connectivity index (χ0v) is 21.6. The number of halogens is 1. The second-order valence-electron chi connectivity index (χ2n) is 9.44. The van der Waals surface area contributed by atoms with Gasteiger partial charge in [-0.1, -0.05) is 11.6 Å². The minimum Gasteiger partial charge on any atom is -0.482 e. The lowest BCUT2D eigenvalue weighted by atomic mass is 9.97. The third-order valence-corrected chi connectivity index (χ3v) is 9.30. The van der Waals surface area contributed by atoms with Crippen LogP contribution in [0.25, 0.3) is 0 Å². The molecule has 9 nitrogen and oxygen atoms in total. The highest BCUT2D eigenvalue weighted by Crippen LogP contribution is 2.35. The van der Waals surface area contributed by atoms with Crippen LogP contribution in [0.2, 0.25) is 5.02 Å². The van der Waals surface area contributed by atoms with E-state index in [1.165, 1.54) is 10.4 Å². The predicted octanol–water partition coefficient (Wildman–Crippen LogP) is 2.73. The number of amides is 2. The van der Waals surface area contributed by atoms with Crippen LogP contribution in [0.1, 0.15) is 18.4 Å². The molecule has 0 aliphatic carbocycles. The first-order valence-electron chi connectivity index (χ1n) is 12.1. The highest BCUT2D eigenvalue weighted by atomic mass is 35.5. The molecule has 0 saturated carbocycles. The number of hydrogen-bond donors (Lipinski definition) is 1. The Labute approximate surface area is 216 Å². The van der Waals surface area contributed by atoms with Crippen LogP contribution in [0.5, 0.6) is 5.75 Å². The number of carbonyl (C=O) groups is 2. The van der Waals surface area contributed by atoms with E-state index in [2.05, 4.69) is 10.2 Å². The maximum absolute atomic E-state index is 13.6. The number of fused-ring (bicyclic) bond motifs is 1. The summed E-state index contributed by atoms with van der Waals surface area (Å²) in [6, 6.07) is 10.8. The summed E-state index contributed by atoms with van der Waals surface area (Å²) < 4.78 is 34.0. The Hall–Kier alpha value is -2.82. The second-order valence-corrected chi connectivity index (χ2v) is 11.8. The van der Waals surface area contributed by atoms with E-state index in [1.54, 1.807) is 13.0 Å². The molecule has 2 fully saturated rings. The number of piperidine rings is 1. The first-order chi connectivity index (χ1) is 17.2. The van der Waals surface area contributed by atoms with Gasteiger partial charge in [-0.05, 0) is 55.7 Å². The maximum atomic E-state index is 13.6. The molecule has 1 N–H and O–H groups in total. The van der Waals surface area contributed by atoms with E-state index in [4.69, 9.17) is 16.3 Å². The van der Waals surface area contributed by atoms with Crippen LogP contribution >= 0.6 is 11.6 Å². The Balaban J connectivity index is 1.26. The number of carbonyl (C=O) groups excluding carboxylic acids is 2. The molecule has 192 valence electrons. The van der Waals surface area contributed by atoms with Gasteiger partial charge in [0.1, 0.15) is 5.75 Å². The van der Waals surface area contributed by atoms with Gasteiger partial charge in [0, 0.05) is 56.0 Å². The average Bonchev–Trinajstić information content (AvgIpc) is 2.88. The van der Waals surface area contributed by atoms with Crippen LogP contribution < -0.4 is 15.0 Å². The predicted molar refractivity (Wildman–Crippen MR) is 137 cm³/mol. The van der Waals surface area contributed by atoms with Crippen molar-refractivity contribution in [3.63, 3.8) is 0 Å². The molecule has 0 bridgehead atoms. The number of nitrogens with one attached hydrogen (secondary N) is 1. The van der Waals surface area contributed by atoms with Crippen molar-refractivity contribution in [2.75, 3.05) is 56.1 Å². The van der Waals surface area contributed by atoms with Crippen molar-refractivity contribution in [3.8, 4) is 5.75 Å². The zero-order chi connectivity index (χ0) is 25.4. The van der Waals surface area contributed by atoms with E-state index in [-0.39, 0.29) is 35.8 Å². The lowest BCUT2D eigenvalue weighted by Gasteiger charge is -2.39. The van der Waals surface area contributed by atoms with E-state index in [0.29, 0.717) is 67.6 Å². The van der Waals surface area contributed by atoms with Crippen LogP contribution in [-0.2, 0) is 19.6 Å². The van der Waals surface area contributed by atoms with Crippen molar-refractivity contribution >= 4 is 44.8 Å². The molecule has 0 radical (unpaired) electrons. The Morgan fingerprint density at radius 3 is 2.53 bits per heavy atom. The molecule has 11 heteroatoms. The molecule has 3 aliphatic heterocycles. The van der Waals surface area contributed by atoms with Gasteiger partial charge >= 0.3 is 0 Å². The Kier molecular flexibility index (Phi) is 6.84. The van der Waals surface area contributed by atoms with Crippen LogP contribution in [-0.4, -0.2) is 75.3 Å². The first-order valence-corrected chi connectivity index (χ1v) is 13.9. The molecule has 1 atom stereocenters. The normalized spacial score (nSPS) is 20.9. The van der Waals surface area contributed by atoms with Crippen LogP contribution in [0.4, 0.5) is 11.4 Å². The molecular formula is C25H29ClN4O5S. The number of benzene rings is 2. The fraction of sp³-hybridized carbons (Fsp3) is 0.440. The number of ether oxygens (including phenoxy) is 1. The summed E-state index contributed by atoms with van der Waals surface area (Å²) in [5.41, 5.74) is 2.06. The summed E-state index contributed by atoms with van der Waals surface area (Å²) in [5, 5.41) is 3.39. The summed E-state index contributed by atoms with van der Waals surface area (Å²) in [6.45, 7) is 4.69. The maximum Gasteiger partial charge on any atom is 0.262 e. The number of sulfonamides is 1. The second kappa shape index (κ2) is 9.91. The molecule has 3 heterocycles. The monoisotopic (exact) mass is 532 g/mol. The Morgan fingerprint density at radius 2 is 1.81 bits per heavy atom. The van der Waals surface area contributed by atoms with E-state index in [0.717, 1.165) is 5.69 Å². The van der Waals surface area contributed by atoms with E-state index in [1.807, 2.05) is 29.2 Å². The molecule has 36 heavy (non-hydrogen) atoms. The molecule has 0 unspecified atom stereocenters. The summed E-state index contributed by atoms with van der Waals surface area (Å²) in [5.74, 6) is -0.297. The van der Waals surface area contributed by atoms with Gasteiger partial charge in [0.2, 0.25) is 15.9 Å². The fourth-order valence-corrected chi connectivity index (χ4v) is 6.96. The first kappa shape index (κ1) is 24.9. The summed E-state index contributed by atoms with van der Waals surface area (Å²) in [7, 11) is -3.83. The van der Waals surface area contributed by atoms with Gasteiger partial charge in [0.15, 0.2) is 6.61 Å². The van der Waals surface area contributed by atoms with Crippen molar-refractivity contribution in [2.24, 2.45) is 5.92 Å². The summed E-state index contributed by atoms with van der Waals surface area (Å²) in [4.78, 5) is 29.2. The third kappa shape index (κ3) is 4.89. The molecule has 2 amide bonds. The highest BCUT2D eigenvalue weighted by molar-refractivity contribution is 7.89. The summed E-state index contributed by atoms with van der Waals surface area (Å²) in [6.07, 6.45) is 1.29. The topological polar surface area (TPSA) is 99.3 Å². The Morgan fingerprint density at radius 1 is 1.08 bits per heavy atom. The standard InChI is InChI=1S/C25H29ClN4O5S/c1-17-13-21-22(35-16-24(31)27-21)14-23(17)36(33,34)30-8-2-3-18(15-30)25(32)29-11-9-28(10-12-29)20-6-4-19(26)5-7-20/h4-7,13-14,18H,2-3,8-12,15-16H2,1H3,(H,27,31)/t18-/m1/s1. The molecular weight excluding hydrogens is 504 g/mol. The minimum atomic E-state index is -3.83. The van der Waals surface area contributed by atoms with Crippen molar-refractivity contribution in [1.29, 1.82) is 0 Å². The van der Waals surface area contributed by atoms with Gasteiger partial charge in [-0.3, -0.25) is 9.59 Å². The van der Waals surface area contributed by atoms with Crippen molar-refractivity contribution < 1.29 is 22.7 Å². The van der Waals surface area contributed by atoms with Crippen molar-refractivity contribution in [3.05, 3.63) is 47.0 Å². The van der Waals surface area contributed by atoms with Crippen molar-refractivity contribution in [1.82, 2.24) is 9.21 Å². The quantitative estimate of drug-likeness (QED) is 0.650. The lowest BCUT2D eigenvalue weighted by Crippen LogP contribution is -2.53. The van der Waals surface area contributed by atoms with Gasteiger partial charge in [-0.2, -0.15) is 4.31 Å². The van der Waals surface area contributed by atoms with Crippen LogP contribution in [0.3, 0.4) is 0 Å². The zero-order valence-electron chi connectivity index (χ0n) is 20.1. The molecule has 2 saturated heterocycles. The molecule has 0 aromatic heterocycles. The SMILES string of the molecule is Cc1cc2c(cc1S(=O)(=O)N1CCC[C@@H](C(=O)N3CCN(c4ccc(Cl)cc4)CC3)C1)OCC(=O)N2. The molecule has 0 spiro atoms. The van der Waals surface area contributed by atoms with Crippen LogP contribution in [0.15, 0.2) is 41.3 Å². The number of piperazine rings is 1. The van der Waals surface area contributed by atoms with Gasteiger partial charge in [-0.25, -0.2) is 8.42 Å². The number of anilines is 2. The lowest BCUT2D eigenvalue weighted by molar-refractivity contribution is -0.137. The van der Waals surface area contributed by atoms with E-state index in [9.17, 15) is 18.0 Å². The highest BCUT2D eigenvalue weighted by Gasteiger charge is 2.37. The number of hydrogen-bond acceptors (Lipinski definition) is 6. The van der Waals surface area contributed by atoms with Crippen LogP contribution in [0, 0.1) is 12.8 Å². The van der Waals surface area contributed by atoms with Gasteiger partial charge in [0.05, 0.1) is 16.5 Å². The van der Waals surface area contributed by atoms with E-state index >= 15 is 0 Å². The molecule has 2 aromatic rings. The minimum absolute atomic E-state index is 0.0128. The Bertz CT molecular complexity index is 1280. The summed E-state index contributed by atoms with van der Waals surface area (Å²) >= 11 is 5.99. The molecule has 3 aliphatic rings. The van der Waals surface area contributed by atoms with Gasteiger partial charge < -0.3 is 19.9 Å². The molecule has 5 rings (SSSR count). The smallest absolute Gasteiger partial charge is 0.262 e. The van der Waals surface area contributed by atoms with Gasteiger partial charge in [-0.15, -0.1) is 0 Å². The number of nitrogens with zero attached hydrogens (tertiary/aromatic N) is 3. The third-order valence-electron chi connectivity index (χ3n) is 7.04. The molecule has 2 aromatic carbocycles. The van der Waals surface area contributed by atoms with Crippen molar-refractivity contribution in [2.45, 2.75) is 24.7 Å². The average molecular weight is 533 g/mol. The largest absolute Gasteiger partial charge is 0.482 e. The number of rotatable bonds is 4. The number of aryl methyl sites for hydroxylation is 1. The fourth-order valence-electron chi connectivity index (χ4n) is 5.09. The van der Waals surface area contributed by atoms with Gasteiger partial charge in [0.25, 0.3) is 5.91 Å². The van der Waals surface area contributed by atoms with E-state index < -0.39 is 10.0 Å².